The number of ether oxygens (including phenoxy) is 1. The summed E-state index contributed by atoms with van der Waals surface area (Å²) in [6.07, 6.45) is 0.947. The van der Waals surface area contributed by atoms with Crippen LogP contribution in [0.15, 0.2) is 6.07 Å². The number of nitrogens with two attached hydrogens (primary N) is 1. The monoisotopic (exact) mass is 236 g/mol. The molecule has 1 rings (SSSR count). The van der Waals surface area contributed by atoms with Crippen LogP contribution in [0.3, 0.4) is 0 Å². The molecule has 96 valence electrons. The van der Waals surface area contributed by atoms with Crippen molar-refractivity contribution in [1.29, 1.82) is 0 Å². The molecule has 0 heterocycles. The van der Waals surface area contributed by atoms with E-state index in [4.69, 9.17) is 10.5 Å². The minimum absolute atomic E-state index is 0.323. The van der Waals surface area contributed by atoms with Gasteiger partial charge in [-0.3, -0.25) is 0 Å². The van der Waals surface area contributed by atoms with Crippen molar-refractivity contribution in [3.63, 3.8) is 0 Å². The highest BCUT2D eigenvalue weighted by molar-refractivity contribution is 5.49. The van der Waals surface area contributed by atoms with Crippen LogP contribution < -0.4 is 15.8 Å². The summed E-state index contributed by atoms with van der Waals surface area (Å²) in [4.78, 5) is 0. The fourth-order valence-corrected chi connectivity index (χ4v) is 2.39. The Morgan fingerprint density at radius 2 is 1.94 bits per heavy atom. The summed E-state index contributed by atoms with van der Waals surface area (Å²) in [7, 11) is 3.71. The maximum absolute atomic E-state index is 5.66. The van der Waals surface area contributed by atoms with E-state index in [1.165, 1.54) is 22.3 Å². The van der Waals surface area contributed by atoms with Gasteiger partial charge in [0.1, 0.15) is 5.75 Å². The quantitative estimate of drug-likeness (QED) is 0.824. The van der Waals surface area contributed by atoms with E-state index in [9.17, 15) is 0 Å². The molecule has 3 nitrogen and oxygen atoms in total. The summed E-state index contributed by atoms with van der Waals surface area (Å²) in [5.74, 6) is 0.994. The van der Waals surface area contributed by atoms with Crippen molar-refractivity contribution in [2.75, 3.05) is 20.7 Å². The molecule has 0 fully saturated rings. The predicted molar refractivity (Wildman–Crippen MR) is 72.7 cm³/mol. The fraction of sp³-hybridized carbons (Fsp3) is 0.571. The topological polar surface area (TPSA) is 47.3 Å². The summed E-state index contributed by atoms with van der Waals surface area (Å²) in [6, 6.07) is 2.53. The lowest BCUT2D eigenvalue weighted by Crippen LogP contribution is -2.21. The zero-order valence-corrected chi connectivity index (χ0v) is 11.6. The van der Waals surface area contributed by atoms with Gasteiger partial charge >= 0.3 is 0 Å². The Morgan fingerprint density at radius 1 is 1.29 bits per heavy atom. The van der Waals surface area contributed by atoms with Gasteiger partial charge in [-0.1, -0.05) is 6.07 Å². The number of nitrogens with one attached hydrogen (secondary N) is 1. The van der Waals surface area contributed by atoms with Gasteiger partial charge in [-0.05, 0) is 63.0 Å². The first-order valence-electron chi connectivity index (χ1n) is 6.08. The third-order valence-corrected chi connectivity index (χ3v) is 3.45. The van der Waals surface area contributed by atoms with Gasteiger partial charge in [0.25, 0.3) is 0 Å². The van der Waals surface area contributed by atoms with Crippen molar-refractivity contribution in [2.45, 2.75) is 33.2 Å². The van der Waals surface area contributed by atoms with Crippen LogP contribution >= 0.6 is 0 Å². The molecule has 1 aromatic rings. The van der Waals surface area contributed by atoms with E-state index in [-0.39, 0.29) is 0 Å². The van der Waals surface area contributed by atoms with E-state index in [2.05, 4.69) is 32.2 Å². The summed E-state index contributed by atoms with van der Waals surface area (Å²) in [5.41, 5.74) is 10.7. The molecule has 1 aromatic carbocycles. The zero-order chi connectivity index (χ0) is 13.0. The molecule has 1 atom stereocenters. The Labute approximate surface area is 104 Å². The Hall–Kier alpha value is -1.06. The van der Waals surface area contributed by atoms with E-state index in [0.717, 1.165) is 12.2 Å². The highest BCUT2D eigenvalue weighted by Crippen LogP contribution is 2.32. The summed E-state index contributed by atoms with van der Waals surface area (Å²) in [6.45, 7) is 7.03. The van der Waals surface area contributed by atoms with Gasteiger partial charge in [0.2, 0.25) is 0 Å². The molecule has 0 radical (unpaired) electrons. The molecular weight excluding hydrogens is 212 g/mol. The van der Waals surface area contributed by atoms with E-state index in [1.807, 2.05) is 7.05 Å². The summed E-state index contributed by atoms with van der Waals surface area (Å²) in [5, 5.41) is 3.33. The molecule has 1 unspecified atom stereocenters. The van der Waals surface area contributed by atoms with Gasteiger partial charge < -0.3 is 15.8 Å². The average Bonchev–Trinajstić information content (AvgIpc) is 2.32. The van der Waals surface area contributed by atoms with Crippen LogP contribution in [0.4, 0.5) is 0 Å². The lowest BCUT2D eigenvalue weighted by molar-refractivity contribution is 0.407. The van der Waals surface area contributed by atoms with Gasteiger partial charge in [-0.2, -0.15) is 0 Å². The van der Waals surface area contributed by atoms with Crippen LogP contribution in [-0.4, -0.2) is 20.7 Å². The zero-order valence-electron chi connectivity index (χ0n) is 11.6. The lowest BCUT2D eigenvalue weighted by atomic mass is 9.92. The standard InChI is InChI=1S/C14H24N2O/c1-9-8-12(13(16-4)6-7-15)10(2)11(3)14(9)17-5/h8,13,16H,6-7,15H2,1-5H3. The number of aryl methyl sites for hydroxylation is 1. The van der Waals surface area contributed by atoms with Crippen LogP contribution in [0.25, 0.3) is 0 Å². The molecule has 3 N–H and O–H groups in total. The van der Waals surface area contributed by atoms with Crippen LogP contribution in [0.5, 0.6) is 5.75 Å². The normalized spacial score (nSPS) is 12.6. The second kappa shape index (κ2) is 6.03. The van der Waals surface area contributed by atoms with Gasteiger partial charge in [-0.25, -0.2) is 0 Å². The molecule has 0 aliphatic rings. The van der Waals surface area contributed by atoms with Gasteiger partial charge in [0, 0.05) is 6.04 Å². The Bertz CT molecular complexity index is 388. The van der Waals surface area contributed by atoms with Crippen LogP contribution in [-0.2, 0) is 0 Å². The van der Waals surface area contributed by atoms with Crippen LogP contribution in [0, 0.1) is 20.8 Å². The number of hydrogen-bond acceptors (Lipinski definition) is 3. The van der Waals surface area contributed by atoms with E-state index in [1.54, 1.807) is 7.11 Å². The first-order valence-corrected chi connectivity index (χ1v) is 6.08. The predicted octanol–water partition coefficient (Wildman–Crippen LogP) is 2.23. The minimum Gasteiger partial charge on any atom is -0.496 e. The second-order valence-electron chi connectivity index (χ2n) is 4.48. The maximum atomic E-state index is 5.66. The largest absolute Gasteiger partial charge is 0.496 e. The third kappa shape index (κ3) is 2.79. The second-order valence-corrected chi connectivity index (χ2v) is 4.48. The van der Waals surface area contributed by atoms with Crippen molar-refractivity contribution in [1.82, 2.24) is 5.32 Å². The number of rotatable bonds is 5. The first kappa shape index (κ1) is 14.0. The van der Waals surface area contributed by atoms with E-state index < -0.39 is 0 Å². The van der Waals surface area contributed by atoms with Crippen molar-refractivity contribution in [3.05, 3.63) is 28.3 Å². The first-order chi connectivity index (χ1) is 8.06. The maximum Gasteiger partial charge on any atom is 0.124 e. The highest BCUT2D eigenvalue weighted by Gasteiger charge is 2.16. The minimum atomic E-state index is 0.323. The molecule has 0 bridgehead atoms. The Balaban J connectivity index is 3.25. The van der Waals surface area contributed by atoms with E-state index >= 15 is 0 Å². The molecule has 0 saturated heterocycles. The van der Waals surface area contributed by atoms with Gasteiger partial charge in [-0.15, -0.1) is 0 Å². The Kier molecular flexibility index (Phi) is 4.97. The van der Waals surface area contributed by atoms with Gasteiger partial charge in [0.15, 0.2) is 0 Å². The summed E-state index contributed by atoms with van der Waals surface area (Å²) < 4.78 is 5.44. The van der Waals surface area contributed by atoms with Gasteiger partial charge in [0.05, 0.1) is 7.11 Å². The SMILES string of the molecule is CNC(CCN)c1cc(C)c(OC)c(C)c1C. The molecule has 3 heteroatoms. The molecule has 0 saturated carbocycles. The molecule has 0 spiro atoms. The van der Waals surface area contributed by atoms with Crippen molar-refractivity contribution < 1.29 is 4.74 Å². The number of benzene rings is 1. The summed E-state index contributed by atoms with van der Waals surface area (Å²) >= 11 is 0. The smallest absolute Gasteiger partial charge is 0.124 e. The number of methoxy groups -OCH3 is 1. The van der Waals surface area contributed by atoms with Crippen molar-refractivity contribution >= 4 is 0 Å². The molecule has 0 aliphatic heterocycles. The molecule has 17 heavy (non-hydrogen) atoms. The van der Waals surface area contributed by atoms with Crippen LogP contribution in [0.1, 0.15) is 34.7 Å². The Morgan fingerprint density at radius 3 is 2.41 bits per heavy atom. The molecule has 0 amide bonds. The highest BCUT2D eigenvalue weighted by atomic mass is 16.5. The van der Waals surface area contributed by atoms with E-state index in [0.29, 0.717) is 12.6 Å². The molecule has 0 aliphatic carbocycles. The van der Waals surface area contributed by atoms with Crippen molar-refractivity contribution in [3.8, 4) is 5.75 Å². The molecule has 0 aromatic heterocycles. The lowest BCUT2D eigenvalue weighted by Gasteiger charge is -2.22. The van der Waals surface area contributed by atoms with Crippen molar-refractivity contribution in [2.24, 2.45) is 5.73 Å². The molecular formula is C14H24N2O. The third-order valence-electron chi connectivity index (χ3n) is 3.45. The van der Waals surface area contributed by atoms with Crippen LogP contribution in [0.2, 0.25) is 0 Å². The fourth-order valence-electron chi connectivity index (χ4n) is 2.39. The average molecular weight is 236 g/mol. The number of hydrogen-bond donors (Lipinski definition) is 2.